The third kappa shape index (κ3) is 2.42. The van der Waals surface area contributed by atoms with Crippen molar-refractivity contribution in [3.05, 3.63) is 47.8 Å². The molecule has 0 amide bonds. The number of hydrazone groups is 1. The number of fused-ring (bicyclic) bond motifs is 1. The van der Waals surface area contributed by atoms with Crippen LogP contribution in [0.4, 0.5) is 0 Å². The minimum absolute atomic E-state index is 0.181. The molecule has 0 aliphatic heterocycles. The van der Waals surface area contributed by atoms with Crippen molar-refractivity contribution in [3.8, 4) is 5.69 Å². The minimum Gasteiger partial charge on any atom is -0.375 e. The Morgan fingerprint density at radius 1 is 1.30 bits per heavy atom. The summed E-state index contributed by atoms with van der Waals surface area (Å²) in [4.78, 5) is 0. The van der Waals surface area contributed by atoms with Crippen LogP contribution in [0.15, 0.2) is 41.6 Å². The van der Waals surface area contributed by atoms with E-state index >= 15 is 0 Å². The van der Waals surface area contributed by atoms with Crippen molar-refractivity contribution in [2.75, 3.05) is 0 Å². The van der Waals surface area contributed by atoms with Gasteiger partial charge < -0.3 is 5.73 Å². The molecule has 0 spiro atoms. The average molecular weight is 285 g/mol. The minimum atomic E-state index is 0.181. The maximum absolute atomic E-state index is 5.42. The van der Waals surface area contributed by atoms with Gasteiger partial charge >= 0.3 is 0 Å². The summed E-state index contributed by atoms with van der Waals surface area (Å²) in [5.41, 5.74) is 12.4. The molecule has 0 atom stereocenters. The number of nitrogens with one attached hydrogen (secondary N) is 1. The molecular weight excluding hydrogens is 270 g/mol. The summed E-state index contributed by atoms with van der Waals surface area (Å²) in [7, 11) is 0. The zero-order valence-corrected chi connectivity index (χ0v) is 11.7. The second-order valence-electron chi connectivity index (χ2n) is 4.64. The molecule has 0 fully saturated rings. The Labute approximate surface area is 122 Å². The number of benzene rings is 1. The molecule has 1 aliphatic rings. The average Bonchev–Trinajstić information content (AvgIpc) is 2.90. The largest absolute Gasteiger partial charge is 0.375 e. The Balaban J connectivity index is 1.99. The number of nitrogens with two attached hydrogens (primary N) is 1. The van der Waals surface area contributed by atoms with Crippen molar-refractivity contribution >= 4 is 23.0 Å². The summed E-state index contributed by atoms with van der Waals surface area (Å²) in [6.07, 6.45) is 4.81. The first-order valence-electron chi connectivity index (χ1n) is 6.50. The number of rotatable bonds is 2. The molecule has 3 rings (SSSR count). The van der Waals surface area contributed by atoms with Crippen LogP contribution in [-0.4, -0.2) is 20.6 Å². The fourth-order valence-electron chi connectivity index (χ4n) is 2.44. The number of thiocarbonyl (C=S) groups is 1. The molecule has 5 nitrogen and oxygen atoms in total. The van der Waals surface area contributed by atoms with Gasteiger partial charge in [-0.1, -0.05) is 18.2 Å². The van der Waals surface area contributed by atoms with Gasteiger partial charge in [-0.05, 0) is 43.6 Å². The van der Waals surface area contributed by atoms with E-state index in [1.165, 1.54) is 5.69 Å². The van der Waals surface area contributed by atoms with Crippen LogP contribution in [0.2, 0.25) is 0 Å². The molecule has 2 aromatic rings. The highest BCUT2D eigenvalue weighted by Crippen LogP contribution is 2.23. The summed E-state index contributed by atoms with van der Waals surface area (Å²) in [5.74, 6) is 0. The van der Waals surface area contributed by atoms with E-state index in [0.717, 1.165) is 36.2 Å². The van der Waals surface area contributed by atoms with Crippen molar-refractivity contribution < 1.29 is 0 Å². The maximum atomic E-state index is 5.42. The van der Waals surface area contributed by atoms with E-state index in [-0.39, 0.29) is 5.11 Å². The van der Waals surface area contributed by atoms with E-state index in [4.69, 9.17) is 18.0 Å². The van der Waals surface area contributed by atoms with Gasteiger partial charge in [0.05, 0.1) is 23.3 Å². The lowest BCUT2D eigenvalue weighted by atomic mass is 9.96. The molecule has 0 saturated heterocycles. The molecule has 0 radical (unpaired) electrons. The van der Waals surface area contributed by atoms with Gasteiger partial charge in [0.15, 0.2) is 5.11 Å². The Morgan fingerprint density at radius 3 is 2.85 bits per heavy atom. The summed E-state index contributed by atoms with van der Waals surface area (Å²) < 4.78 is 1.98. The monoisotopic (exact) mass is 285 g/mol. The van der Waals surface area contributed by atoms with Crippen molar-refractivity contribution in [2.45, 2.75) is 19.3 Å². The molecular formula is C14H15N5S. The molecule has 1 aliphatic carbocycles. The maximum Gasteiger partial charge on any atom is 0.184 e. The van der Waals surface area contributed by atoms with Crippen molar-refractivity contribution in [1.29, 1.82) is 0 Å². The lowest BCUT2D eigenvalue weighted by Crippen LogP contribution is -2.26. The van der Waals surface area contributed by atoms with Gasteiger partial charge in [0.1, 0.15) is 0 Å². The van der Waals surface area contributed by atoms with E-state index in [0.29, 0.717) is 0 Å². The summed E-state index contributed by atoms with van der Waals surface area (Å²) >= 11 is 4.78. The van der Waals surface area contributed by atoms with Crippen LogP contribution < -0.4 is 11.2 Å². The molecule has 1 aromatic carbocycles. The van der Waals surface area contributed by atoms with Crippen LogP contribution in [0.5, 0.6) is 0 Å². The predicted molar refractivity (Wildman–Crippen MR) is 83.0 cm³/mol. The van der Waals surface area contributed by atoms with Crippen LogP contribution >= 0.6 is 12.2 Å². The number of hydrogen-bond donors (Lipinski definition) is 2. The molecule has 0 saturated carbocycles. The molecule has 1 heterocycles. The Bertz CT molecular complexity index is 659. The SMILES string of the molecule is NC(=S)NN=C1CCCc2c1cnn2-c1ccccc1. The van der Waals surface area contributed by atoms with Crippen LogP contribution in [0.25, 0.3) is 5.69 Å². The first kappa shape index (κ1) is 12.8. The zero-order valence-electron chi connectivity index (χ0n) is 10.9. The lowest BCUT2D eigenvalue weighted by molar-refractivity contribution is 0.742. The Kier molecular flexibility index (Phi) is 3.47. The fourth-order valence-corrected chi connectivity index (χ4v) is 2.49. The smallest absolute Gasteiger partial charge is 0.184 e. The van der Waals surface area contributed by atoms with Gasteiger partial charge in [0, 0.05) is 5.56 Å². The van der Waals surface area contributed by atoms with Crippen LogP contribution in [0.3, 0.4) is 0 Å². The molecule has 20 heavy (non-hydrogen) atoms. The van der Waals surface area contributed by atoms with E-state index in [1.54, 1.807) is 0 Å². The van der Waals surface area contributed by atoms with Gasteiger partial charge in [0.25, 0.3) is 0 Å². The van der Waals surface area contributed by atoms with E-state index in [1.807, 2.05) is 41.2 Å². The third-order valence-electron chi connectivity index (χ3n) is 3.31. The summed E-state index contributed by atoms with van der Waals surface area (Å²) in [5, 5.41) is 8.95. The fraction of sp³-hybridized carbons (Fsp3) is 0.214. The van der Waals surface area contributed by atoms with Crippen molar-refractivity contribution in [1.82, 2.24) is 15.2 Å². The second-order valence-corrected chi connectivity index (χ2v) is 5.08. The number of hydrogen-bond acceptors (Lipinski definition) is 3. The summed E-state index contributed by atoms with van der Waals surface area (Å²) in [6, 6.07) is 10.1. The molecule has 1 aromatic heterocycles. The standard InChI is InChI=1S/C14H15N5S/c15-14(20)18-17-12-7-4-8-13-11(12)9-16-19(13)10-5-2-1-3-6-10/h1-3,5-6,9H,4,7-8H2,(H3,15,18,20). The highest BCUT2D eigenvalue weighted by atomic mass is 32.1. The summed E-state index contributed by atoms with van der Waals surface area (Å²) in [6.45, 7) is 0. The van der Waals surface area contributed by atoms with Gasteiger partial charge in [-0.25, -0.2) is 4.68 Å². The van der Waals surface area contributed by atoms with E-state index < -0.39 is 0 Å². The topological polar surface area (TPSA) is 68.2 Å². The second kappa shape index (κ2) is 5.42. The van der Waals surface area contributed by atoms with E-state index in [9.17, 15) is 0 Å². The number of para-hydroxylation sites is 1. The van der Waals surface area contributed by atoms with E-state index in [2.05, 4.69) is 15.6 Å². The van der Waals surface area contributed by atoms with Crippen LogP contribution in [0.1, 0.15) is 24.1 Å². The molecule has 102 valence electrons. The van der Waals surface area contributed by atoms with Gasteiger partial charge in [0.2, 0.25) is 0 Å². The van der Waals surface area contributed by atoms with Crippen LogP contribution in [-0.2, 0) is 6.42 Å². The highest BCUT2D eigenvalue weighted by Gasteiger charge is 2.21. The third-order valence-corrected chi connectivity index (χ3v) is 3.40. The first-order chi connectivity index (χ1) is 9.75. The molecule has 0 bridgehead atoms. The molecule has 6 heteroatoms. The molecule has 3 N–H and O–H groups in total. The first-order valence-corrected chi connectivity index (χ1v) is 6.91. The highest BCUT2D eigenvalue weighted by molar-refractivity contribution is 7.80. The molecule has 0 unspecified atom stereocenters. The van der Waals surface area contributed by atoms with Crippen molar-refractivity contribution in [3.63, 3.8) is 0 Å². The Hall–Kier alpha value is -2.21. The number of aromatic nitrogens is 2. The number of nitrogens with zero attached hydrogens (tertiary/aromatic N) is 3. The van der Waals surface area contributed by atoms with Gasteiger partial charge in [-0.2, -0.15) is 10.2 Å². The quantitative estimate of drug-likeness (QED) is 0.651. The van der Waals surface area contributed by atoms with Crippen LogP contribution in [0, 0.1) is 0 Å². The lowest BCUT2D eigenvalue weighted by Gasteiger charge is -2.16. The van der Waals surface area contributed by atoms with Crippen molar-refractivity contribution in [2.24, 2.45) is 10.8 Å². The zero-order chi connectivity index (χ0) is 13.9. The normalized spacial score (nSPS) is 15.9. The Morgan fingerprint density at radius 2 is 2.10 bits per heavy atom. The predicted octanol–water partition coefficient (Wildman–Crippen LogP) is 1.75. The van der Waals surface area contributed by atoms with Gasteiger partial charge in [-0.15, -0.1) is 0 Å². The van der Waals surface area contributed by atoms with Gasteiger partial charge in [-0.3, -0.25) is 5.43 Å².